The summed E-state index contributed by atoms with van der Waals surface area (Å²) in [6.45, 7) is 0.900. The van der Waals surface area contributed by atoms with Crippen molar-refractivity contribution < 1.29 is 14.2 Å². The summed E-state index contributed by atoms with van der Waals surface area (Å²) in [4.78, 5) is 0. The first-order chi connectivity index (χ1) is 11.3. The molecule has 23 heavy (non-hydrogen) atoms. The molecule has 2 heterocycles. The lowest BCUT2D eigenvalue weighted by atomic mass is 10.2. The topological polar surface area (TPSA) is 118 Å². The van der Waals surface area contributed by atoms with Crippen LogP contribution < -0.4 is 14.8 Å². The van der Waals surface area contributed by atoms with Gasteiger partial charge in [0.05, 0.1) is 6.61 Å². The minimum Gasteiger partial charge on any atom is -0.486 e. The van der Waals surface area contributed by atoms with Crippen LogP contribution in [-0.2, 0) is 4.74 Å². The van der Waals surface area contributed by atoms with Gasteiger partial charge in [0.1, 0.15) is 18.2 Å². The lowest BCUT2D eigenvalue weighted by Gasteiger charge is -2.26. The van der Waals surface area contributed by atoms with Gasteiger partial charge in [-0.3, -0.25) is 0 Å². The Kier molecular flexibility index (Phi) is 4.35. The Bertz CT molecular complexity index is 737. The van der Waals surface area contributed by atoms with Gasteiger partial charge in [0.25, 0.3) is 0 Å². The second-order valence-electron chi connectivity index (χ2n) is 4.72. The second kappa shape index (κ2) is 6.76. The number of ether oxygens (including phenoxy) is 3. The summed E-state index contributed by atoms with van der Waals surface area (Å²) in [5.41, 5.74) is 0.993. The molecular weight excluding hydrogens is 300 g/mol. The summed E-state index contributed by atoms with van der Waals surface area (Å²) in [6, 6.07) is 7.41. The number of hydrogen-bond acceptors (Lipinski definition) is 8. The number of hydrogen-bond donors (Lipinski definition) is 2. The van der Waals surface area contributed by atoms with Crippen LogP contribution in [0.15, 0.2) is 24.4 Å². The van der Waals surface area contributed by atoms with Crippen LogP contribution in [0.2, 0.25) is 0 Å². The number of H-pyrrole nitrogens is 1. The summed E-state index contributed by atoms with van der Waals surface area (Å²) in [5, 5.41) is 25.4. The largest absolute Gasteiger partial charge is 0.486 e. The highest BCUT2D eigenvalue weighted by molar-refractivity contribution is 5.74. The smallest absolute Gasteiger partial charge is 0.216 e. The average Bonchev–Trinajstić information content (AvgIpc) is 3.10. The van der Waals surface area contributed by atoms with E-state index in [4.69, 9.17) is 19.5 Å². The Labute approximate surface area is 131 Å². The number of methoxy groups -OCH3 is 1. The number of nitriles is 1. The zero-order valence-electron chi connectivity index (χ0n) is 12.3. The fraction of sp³-hybridized carbons (Fsp3) is 0.286. The van der Waals surface area contributed by atoms with Crippen LogP contribution in [0.5, 0.6) is 11.5 Å². The van der Waals surface area contributed by atoms with E-state index in [1.54, 1.807) is 19.2 Å². The van der Waals surface area contributed by atoms with Gasteiger partial charge in [-0.1, -0.05) is 0 Å². The van der Waals surface area contributed by atoms with E-state index < -0.39 is 0 Å². The molecule has 1 atom stereocenters. The van der Waals surface area contributed by atoms with Crippen LogP contribution in [0.1, 0.15) is 5.82 Å². The quantitative estimate of drug-likeness (QED) is 0.784. The van der Waals surface area contributed by atoms with Crippen molar-refractivity contribution in [3.8, 4) is 17.6 Å². The van der Waals surface area contributed by atoms with Crippen molar-refractivity contribution in [2.45, 2.75) is 6.10 Å². The monoisotopic (exact) mass is 314 g/mol. The molecule has 0 radical (unpaired) electrons. The van der Waals surface area contributed by atoms with Crippen molar-refractivity contribution in [1.29, 1.82) is 5.26 Å². The third-order valence-electron chi connectivity index (χ3n) is 3.10. The van der Waals surface area contributed by atoms with Crippen molar-refractivity contribution in [2.75, 3.05) is 25.6 Å². The summed E-state index contributed by atoms with van der Waals surface area (Å²) in [6.07, 6.45) is 1.36. The minimum absolute atomic E-state index is 0.146. The number of aromatic amines is 1. The second-order valence-corrected chi connectivity index (χ2v) is 4.72. The molecule has 2 aromatic rings. The van der Waals surface area contributed by atoms with Gasteiger partial charge in [-0.25, -0.2) is 0 Å². The van der Waals surface area contributed by atoms with E-state index in [0.29, 0.717) is 24.7 Å². The SMILES string of the molecule is COCC1COc2ccc(NC=C(C#N)c3nn[nH]n3)cc2O1. The number of aromatic nitrogens is 4. The van der Waals surface area contributed by atoms with Crippen molar-refractivity contribution in [3.05, 3.63) is 30.2 Å². The van der Waals surface area contributed by atoms with Crippen LogP contribution in [-0.4, -0.2) is 47.1 Å². The molecule has 2 N–H and O–H groups in total. The van der Waals surface area contributed by atoms with Gasteiger partial charge in [-0.2, -0.15) is 10.5 Å². The van der Waals surface area contributed by atoms with E-state index in [-0.39, 0.29) is 17.5 Å². The molecule has 1 aliphatic rings. The average molecular weight is 314 g/mol. The highest BCUT2D eigenvalue weighted by atomic mass is 16.6. The zero-order chi connectivity index (χ0) is 16.1. The molecular formula is C14H14N6O3. The molecule has 1 aliphatic heterocycles. The fourth-order valence-corrected chi connectivity index (χ4v) is 2.05. The van der Waals surface area contributed by atoms with Gasteiger partial charge in [0.15, 0.2) is 17.6 Å². The Hall–Kier alpha value is -3.12. The molecule has 9 nitrogen and oxygen atoms in total. The van der Waals surface area contributed by atoms with E-state index in [1.165, 1.54) is 6.20 Å². The van der Waals surface area contributed by atoms with E-state index in [0.717, 1.165) is 5.69 Å². The molecule has 1 aromatic heterocycles. The maximum atomic E-state index is 9.12. The molecule has 0 bridgehead atoms. The lowest BCUT2D eigenvalue weighted by molar-refractivity contribution is 0.0273. The van der Waals surface area contributed by atoms with Crippen molar-refractivity contribution in [1.82, 2.24) is 20.6 Å². The van der Waals surface area contributed by atoms with Gasteiger partial charge in [0, 0.05) is 25.1 Å². The summed E-state index contributed by atoms with van der Waals surface area (Å²) in [5.74, 6) is 1.51. The van der Waals surface area contributed by atoms with Gasteiger partial charge in [0.2, 0.25) is 5.82 Å². The van der Waals surface area contributed by atoms with Gasteiger partial charge < -0.3 is 19.5 Å². The summed E-state index contributed by atoms with van der Waals surface area (Å²) in [7, 11) is 1.61. The third kappa shape index (κ3) is 3.38. The van der Waals surface area contributed by atoms with Crippen molar-refractivity contribution in [3.63, 3.8) is 0 Å². The molecule has 0 aliphatic carbocycles. The Morgan fingerprint density at radius 2 is 2.48 bits per heavy atom. The standard InChI is InChI=1S/C14H14N6O3/c1-21-7-11-8-22-12-3-2-10(4-13(12)23-11)16-6-9(5-15)14-17-19-20-18-14/h2-4,6,11,16H,7-8H2,1H3,(H,17,18,19,20). The first kappa shape index (κ1) is 14.8. The molecule has 1 unspecified atom stereocenters. The molecule has 0 fully saturated rings. The van der Waals surface area contributed by atoms with Gasteiger partial charge in [-0.15, -0.1) is 10.2 Å². The van der Waals surface area contributed by atoms with Gasteiger partial charge >= 0.3 is 0 Å². The Morgan fingerprint density at radius 1 is 1.57 bits per heavy atom. The number of allylic oxidation sites excluding steroid dienone is 1. The van der Waals surface area contributed by atoms with E-state index in [1.807, 2.05) is 12.1 Å². The zero-order valence-corrected chi connectivity index (χ0v) is 12.3. The van der Waals surface area contributed by atoms with Crippen LogP contribution in [0.4, 0.5) is 5.69 Å². The number of anilines is 1. The highest BCUT2D eigenvalue weighted by Gasteiger charge is 2.21. The Morgan fingerprint density at radius 3 is 3.22 bits per heavy atom. The lowest BCUT2D eigenvalue weighted by Crippen LogP contribution is -2.32. The molecule has 0 spiro atoms. The minimum atomic E-state index is -0.146. The number of fused-ring (bicyclic) bond motifs is 1. The molecule has 1 aromatic carbocycles. The maximum absolute atomic E-state index is 9.12. The van der Waals surface area contributed by atoms with Gasteiger partial charge in [-0.05, 0) is 17.3 Å². The van der Waals surface area contributed by atoms with Crippen LogP contribution in [0.25, 0.3) is 5.57 Å². The highest BCUT2D eigenvalue weighted by Crippen LogP contribution is 2.34. The van der Waals surface area contributed by atoms with Crippen LogP contribution in [0.3, 0.4) is 0 Å². The summed E-state index contributed by atoms with van der Waals surface area (Å²) >= 11 is 0. The molecule has 9 heteroatoms. The predicted molar refractivity (Wildman–Crippen MR) is 79.6 cm³/mol. The van der Waals surface area contributed by atoms with Crippen LogP contribution >= 0.6 is 0 Å². The normalized spacial score (nSPS) is 16.7. The van der Waals surface area contributed by atoms with Crippen molar-refractivity contribution in [2.24, 2.45) is 0 Å². The molecule has 3 rings (SSSR count). The van der Waals surface area contributed by atoms with Crippen LogP contribution in [0, 0.1) is 11.3 Å². The third-order valence-corrected chi connectivity index (χ3v) is 3.10. The number of nitrogens with zero attached hydrogens (tertiary/aromatic N) is 4. The maximum Gasteiger partial charge on any atom is 0.216 e. The molecule has 0 saturated heterocycles. The first-order valence-electron chi connectivity index (χ1n) is 6.83. The van der Waals surface area contributed by atoms with Crippen molar-refractivity contribution >= 4 is 11.3 Å². The molecule has 0 amide bonds. The number of tetrazole rings is 1. The molecule has 118 valence electrons. The number of rotatable bonds is 5. The predicted octanol–water partition coefficient (Wildman–Crippen LogP) is 0.962. The fourth-order valence-electron chi connectivity index (χ4n) is 2.05. The number of benzene rings is 1. The first-order valence-corrected chi connectivity index (χ1v) is 6.83. The molecule has 0 saturated carbocycles. The van der Waals surface area contributed by atoms with E-state index in [9.17, 15) is 0 Å². The van der Waals surface area contributed by atoms with E-state index >= 15 is 0 Å². The van der Waals surface area contributed by atoms with E-state index in [2.05, 4.69) is 25.9 Å². The Balaban J connectivity index is 1.75. The summed E-state index contributed by atoms with van der Waals surface area (Å²) < 4.78 is 16.5. The number of nitrogens with one attached hydrogen (secondary N) is 2.